The maximum Gasteiger partial charge on any atom is 0.139 e. The molecule has 2 N–H and O–H groups in total. The van der Waals surface area contributed by atoms with Crippen LogP contribution in [0.5, 0.6) is 0 Å². The lowest BCUT2D eigenvalue weighted by Gasteiger charge is -2.38. The first kappa shape index (κ1) is 19.9. The summed E-state index contributed by atoms with van der Waals surface area (Å²) in [4.78, 5) is 20.2. The van der Waals surface area contributed by atoms with Crippen molar-refractivity contribution in [2.75, 3.05) is 43.4 Å². The smallest absolute Gasteiger partial charge is 0.139 e. The number of aliphatic hydroxyl groups is 1. The molecule has 1 saturated heterocycles. The van der Waals surface area contributed by atoms with Crippen LogP contribution in [0.15, 0.2) is 42.7 Å². The Bertz CT molecular complexity index is 829. The van der Waals surface area contributed by atoms with Crippen LogP contribution in [0.1, 0.15) is 42.4 Å². The number of pyridine rings is 1. The van der Waals surface area contributed by atoms with E-state index in [1.54, 1.807) is 12.4 Å². The number of hydrogen-bond donors (Lipinski definition) is 2. The van der Waals surface area contributed by atoms with Gasteiger partial charge in [0.25, 0.3) is 0 Å². The van der Waals surface area contributed by atoms with Crippen LogP contribution in [0.2, 0.25) is 0 Å². The van der Waals surface area contributed by atoms with Gasteiger partial charge in [-0.25, -0.2) is 0 Å². The fourth-order valence-corrected chi connectivity index (χ4v) is 5.01. The molecule has 154 valence electrons. The molecule has 2 aliphatic rings. The largest absolute Gasteiger partial charge is 0.388 e. The first-order chi connectivity index (χ1) is 14.2. The van der Waals surface area contributed by atoms with Gasteiger partial charge in [0.1, 0.15) is 6.29 Å². The number of aliphatic hydroxyl groups excluding tert-OH is 1. The zero-order chi connectivity index (χ0) is 20.2. The Kier molecular flexibility index (Phi) is 6.11. The van der Waals surface area contributed by atoms with Gasteiger partial charge in [0.05, 0.1) is 24.0 Å². The van der Waals surface area contributed by atoms with Crippen molar-refractivity contribution in [2.24, 2.45) is 0 Å². The van der Waals surface area contributed by atoms with Crippen LogP contribution in [0.25, 0.3) is 0 Å². The van der Waals surface area contributed by atoms with E-state index in [0.717, 1.165) is 56.4 Å². The molecule has 6 heteroatoms. The number of aromatic nitrogens is 1. The highest BCUT2D eigenvalue weighted by Crippen LogP contribution is 2.47. The monoisotopic (exact) mass is 394 g/mol. The highest BCUT2D eigenvalue weighted by Gasteiger charge is 2.42. The summed E-state index contributed by atoms with van der Waals surface area (Å²) >= 11 is 0. The van der Waals surface area contributed by atoms with E-state index in [-0.39, 0.29) is 0 Å². The lowest BCUT2D eigenvalue weighted by Crippen LogP contribution is -2.47. The number of para-hydroxylation sites is 1. The van der Waals surface area contributed by atoms with Crippen molar-refractivity contribution in [1.82, 2.24) is 9.88 Å². The zero-order valence-corrected chi connectivity index (χ0v) is 17.0. The van der Waals surface area contributed by atoms with Crippen LogP contribution in [0.4, 0.5) is 11.4 Å². The van der Waals surface area contributed by atoms with Crippen molar-refractivity contribution in [2.45, 2.75) is 37.3 Å². The number of rotatable bonds is 8. The average molecular weight is 395 g/mol. The lowest BCUT2D eigenvalue weighted by atomic mass is 9.88. The highest BCUT2D eigenvalue weighted by molar-refractivity contribution is 5.80. The molecule has 2 aliphatic heterocycles. The van der Waals surface area contributed by atoms with E-state index in [9.17, 15) is 9.90 Å². The van der Waals surface area contributed by atoms with Gasteiger partial charge in [0.2, 0.25) is 0 Å². The number of hydrogen-bond acceptors (Lipinski definition) is 6. The predicted molar refractivity (Wildman–Crippen MR) is 115 cm³/mol. The second kappa shape index (κ2) is 8.93. The normalized spacial score (nSPS) is 22.1. The van der Waals surface area contributed by atoms with Crippen molar-refractivity contribution in [3.8, 4) is 0 Å². The van der Waals surface area contributed by atoms with Gasteiger partial charge in [-0.2, -0.15) is 0 Å². The van der Waals surface area contributed by atoms with E-state index in [4.69, 9.17) is 0 Å². The number of fused-ring (bicyclic) bond motifs is 3. The van der Waals surface area contributed by atoms with E-state index in [2.05, 4.69) is 38.3 Å². The Labute approximate surface area is 172 Å². The molecular formula is C23H30N4O2. The Morgan fingerprint density at radius 3 is 2.90 bits per heavy atom. The van der Waals surface area contributed by atoms with Crippen molar-refractivity contribution in [3.05, 3.63) is 53.9 Å². The van der Waals surface area contributed by atoms with Crippen LogP contribution in [-0.2, 0) is 4.79 Å². The predicted octanol–water partition coefficient (Wildman–Crippen LogP) is 2.81. The summed E-state index contributed by atoms with van der Waals surface area (Å²) in [6, 6.07) is 10.6. The molecule has 3 atom stereocenters. The van der Waals surface area contributed by atoms with Gasteiger partial charge in [0, 0.05) is 44.5 Å². The molecule has 0 radical (unpaired) electrons. The van der Waals surface area contributed by atoms with E-state index < -0.39 is 6.10 Å². The van der Waals surface area contributed by atoms with Crippen LogP contribution in [0.3, 0.4) is 0 Å². The number of carbonyl (C=O) groups is 1. The van der Waals surface area contributed by atoms with E-state index in [1.807, 2.05) is 19.2 Å². The molecule has 3 heterocycles. The van der Waals surface area contributed by atoms with Gasteiger partial charge in [-0.05, 0) is 55.1 Å². The topological polar surface area (TPSA) is 68.7 Å². The van der Waals surface area contributed by atoms with Gasteiger partial charge in [-0.1, -0.05) is 12.1 Å². The molecule has 1 fully saturated rings. The molecular weight excluding hydrogens is 364 g/mol. The highest BCUT2D eigenvalue weighted by atomic mass is 16.3. The van der Waals surface area contributed by atoms with Gasteiger partial charge in [-0.15, -0.1) is 0 Å². The zero-order valence-electron chi connectivity index (χ0n) is 17.0. The summed E-state index contributed by atoms with van der Waals surface area (Å²) in [5, 5.41) is 13.7. The minimum Gasteiger partial charge on any atom is -0.388 e. The third-order valence-corrected chi connectivity index (χ3v) is 6.40. The number of aldehydes is 1. The molecule has 4 rings (SSSR count). The third-order valence-electron chi connectivity index (χ3n) is 6.40. The maximum atomic E-state index is 11.3. The molecule has 1 aromatic carbocycles. The Balaban J connectivity index is 1.40. The molecule has 3 unspecified atom stereocenters. The first-order valence-electron chi connectivity index (χ1n) is 10.5. The number of nitrogens with zero attached hydrogens (tertiary/aromatic N) is 3. The van der Waals surface area contributed by atoms with Crippen molar-refractivity contribution >= 4 is 17.7 Å². The fraction of sp³-hybridized carbons (Fsp3) is 0.478. The number of piperidine rings is 1. The summed E-state index contributed by atoms with van der Waals surface area (Å²) in [7, 11) is 1.94. The van der Waals surface area contributed by atoms with Crippen molar-refractivity contribution in [1.29, 1.82) is 0 Å². The minimum atomic E-state index is -0.427. The number of carbonyl (C=O) groups excluding carboxylic acids is 1. The van der Waals surface area contributed by atoms with Gasteiger partial charge < -0.3 is 25.0 Å². The molecule has 0 saturated carbocycles. The maximum absolute atomic E-state index is 11.3. The summed E-state index contributed by atoms with van der Waals surface area (Å²) in [5.41, 5.74) is 4.59. The number of nitrogens with one attached hydrogen (secondary N) is 1. The summed E-state index contributed by atoms with van der Waals surface area (Å²) < 4.78 is 0. The molecule has 29 heavy (non-hydrogen) atoms. The molecule has 0 bridgehead atoms. The van der Waals surface area contributed by atoms with Crippen molar-refractivity contribution in [3.63, 3.8) is 0 Å². The summed E-state index contributed by atoms with van der Waals surface area (Å²) in [6.45, 7) is 3.47. The molecule has 0 spiro atoms. The first-order valence-corrected chi connectivity index (χ1v) is 10.5. The molecule has 6 nitrogen and oxygen atoms in total. The standard InChI is InChI=1S/C23H30N4O2/c1-24-20-5-2-4-18-19-16-26(13-9-21(19)27(14-15-28)23(18)20)12-3-6-22(29)17-7-10-25-11-8-17/h2,4-5,7-8,10-11,15,19,21-22,24,29H,3,6,9,12-14,16H2,1H3. The second-order valence-electron chi connectivity index (χ2n) is 8.01. The van der Waals surface area contributed by atoms with Gasteiger partial charge >= 0.3 is 0 Å². The summed E-state index contributed by atoms with van der Waals surface area (Å²) in [6.07, 6.45) is 6.82. The molecule has 0 aliphatic carbocycles. The SMILES string of the molecule is CNc1cccc2c1N(CC=O)C1CCN(CCCC(O)c3ccncc3)CC21. The van der Waals surface area contributed by atoms with Crippen LogP contribution >= 0.6 is 0 Å². The Morgan fingerprint density at radius 2 is 2.14 bits per heavy atom. The minimum absolute atomic E-state index is 0.392. The van der Waals surface area contributed by atoms with E-state index in [1.165, 1.54) is 11.3 Å². The number of anilines is 2. The number of benzene rings is 1. The second-order valence-corrected chi connectivity index (χ2v) is 8.01. The average Bonchev–Trinajstić information content (AvgIpc) is 3.08. The number of likely N-dealkylation sites (tertiary alicyclic amines) is 1. The fourth-order valence-electron chi connectivity index (χ4n) is 5.01. The van der Waals surface area contributed by atoms with Crippen molar-refractivity contribution < 1.29 is 9.90 Å². The van der Waals surface area contributed by atoms with Gasteiger partial charge in [0.15, 0.2) is 0 Å². The van der Waals surface area contributed by atoms with Gasteiger partial charge in [-0.3, -0.25) is 4.98 Å². The quantitative estimate of drug-likeness (QED) is 0.671. The van der Waals surface area contributed by atoms with Crippen LogP contribution < -0.4 is 10.2 Å². The lowest BCUT2D eigenvalue weighted by molar-refractivity contribution is -0.106. The van der Waals surface area contributed by atoms with Crippen LogP contribution in [-0.4, -0.2) is 60.5 Å². The summed E-state index contributed by atoms with van der Waals surface area (Å²) in [5.74, 6) is 0.428. The van der Waals surface area contributed by atoms with E-state index >= 15 is 0 Å². The Hall–Kier alpha value is -2.44. The van der Waals surface area contributed by atoms with Crippen LogP contribution in [0, 0.1) is 0 Å². The molecule has 2 aromatic rings. The molecule has 0 amide bonds. The van der Waals surface area contributed by atoms with E-state index in [0.29, 0.717) is 18.5 Å². The Morgan fingerprint density at radius 1 is 1.31 bits per heavy atom. The molecule has 1 aromatic heterocycles. The third kappa shape index (κ3) is 4.00.